The van der Waals surface area contributed by atoms with Gasteiger partial charge in [0.05, 0.1) is 17.5 Å². The Morgan fingerprint density at radius 2 is 2.16 bits per heavy atom. The molecule has 0 aliphatic carbocycles. The lowest BCUT2D eigenvalue weighted by molar-refractivity contribution is 0.0771. The highest BCUT2D eigenvalue weighted by Gasteiger charge is 2.56. The number of nitrogens with one attached hydrogen (secondary N) is 2. The van der Waals surface area contributed by atoms with Gasteiger partial charge in [-0.3, -0.25) is 4.79 Å². The number of hydrogen-bond acceptors (Lipinski definition) is 7. The topological polar surface area (TPSA) is 101 Å². The van der Waals surface area contributed by atoms with Crippen molar-refractivity contribution in [3.63, 3.8) is 0 Å². The van der Waals surface area contributed by atoms with E-state index in [1.54, 1.807) is 12.4 Å². The highest BCUT2D eigenvalue weighted by Crippen LogP contribution is 2.50. The summed E-state index contributed by atoms with van der Waals surface area (Å²) in [6.45, 7) is 10.1. The smallest absolute Gasteiger partial charge is 0.194 e. The molecule has 5 rings (SSSR count). The van der Waals surface area contributed by atoms with E-state index in [1.807, 2.05) is 13.8 Å². The number of hydrogen-bond donors (Lipinski definition) is 2. The second-order valence-electron chi connectivity index (χ2n) is 9.12. The number of nitrogens with zero attached hydrogens (tertiary/aromatic N) is 5. The summed E-state index contributed by atoms with van der Waals surface area (Å²) in [5, 5.41) is 21.3. The molecule has 8 nitrogen and oxygen atoms in total. The number of piperidine rings is 1. The van der Waals surface area contributed by atoms with E-state index in [1.165, 1.54) is 22.2 Å². The summed E-state index contributed by atoms with van der Waals surface area (Å²) < 4.78 is 15.4. The third-order valence-corrected chi connectivity index (χ3v) is 7.55. The minimum Gasteiger partial charge on any atom is -0.344 e. The molecule has 0 saturated carbocycles. The van der Waals surface area contributed by atoms with Crippen LogP contribution in [0.3, 0.4) is 0 Å². The van der Waals surface area contributed by atoms with Crippen LogP contribution in [-0.4, -0.2) is 47.4 Å². The van der Waals surface area contributed by atoms with Crippen LogP contribution in [-0.2, 0) is 0 Å². The van der Waals surface area contributed by atoms with Gasteiger partial charge in [0.15, 0.2) is 16.3 Å². The van der Waals surface area contributed by atoms with Gasteiger partial charge >= 0.3 is 0 Å². The quantitative estimate of drug-likeness (QED) is 0.645. The first-order chi connectivity index (χ1) is 14.7. The lowest BCUT2D eigenvalue weighted by atomic mass is 9.75. The van der Waals surface area contributed by atoms with Crippen LogP contribution in [0.4, 0.5) is 4.39 Å². The number of aryl methyl sites for hydroxylation is 1. The van der Waals surface area contributed by atoms with Gasteiger partial charge in [0.25, 0.3) is 0 Å². The first-order valence-electron chi connectivity index (χ1n) is 10.3. The number of aromatic amines is 1. The predicted octanol–water partition coefficient (Wildman–Crippen LogP) is 3.05. The Balaban J connectivity index is 1.41. The summed E-state index contributed by atoms with van der Waals surface area (Å²) in [7, 11) is 0. The Bertz CT molecular complexity index is 1230. The summed E-state index contributed by atoms with van der Waals surface area (Å²) in [5.41, 5.74) is 0.939. The molecule has 2 aliphatic rings. The van der Waals surface area contributed by atoms with E-state index in [-0.39, 0.29) is 16.9 Å². The molecule has 4 atom stereocenters. The van der Waals surface area contributed by atoms with Gasteiger partial charge in [-0.25, -0.2) is 4.39 Å². The minimum absolute atomic E-state index is 0.0929. The van der Waals surface area contributed by atoms with Crippen LogP contribution in [0, 0.1) is 12.8 Å². The standard InChI is InChI=1S/C21H24FN7OS/c1-11-9-24-29(27-11)16-7-15(30)14(10-23-16)19-26-25-18(31-19)12(2)13-8-20(3)5-6-21(4,28-20)17(13)22/h7,9-10,13,17,28H,2,5-6,8H2,1,3-4H3,(H,23,30)/t13-,17-,20+,21-/m1/s1. The number of H-pyrrole nitrogens is 1. The highest BCUT2D eigenvalue weighted by atomic mass is 32.1. The van der Waals surface area contributed by atoms with E-state index in [2.05, 4.69) is 44.2 Å². The normalized spacial score (nSPS) is 29.9. The van der Waals surface area contributed by atoms with Gasteiger partial charge in [-0.2, -0.15) is 10.2 Å². The zero-order valence-corrected chi connectivity index (χ0v) is 18.5. The SMILES string of the molecule is C=C(c1nnc(-c2c[nH]c(-n3ncc(C)n3)cc2=O)s1)[C@H]1C[C@]2(C)CC[C@@](C)(N2)[C@@H]1F. The number of aromatic nitrogens is 6. The number of fused-ring (bicyclic) bond motifs is 2. The van der Waals surface area contributed by atoms with Gasteiger partial charge in [-0.15, -0.1) is 15.0 Å². The number of rotatable bonds is 4. The lowest BCUT2D eigenvalue weighted by Crippen LogP contribution is -2.60. The van der Waals surface area contributed by atoms with Gasteiger partial charge < -0.3 is 10.3 Å². The molecule has 2 bridgehead atoms. The van der Waals surface area contributed by atoms with E-state index >= 15 is 4.39 Å². The highest BCUT2D eigenvalue weighted by molar-refractivity contribution is 7.15. The second kappa shape index (κ2) is 6.89. The molecule has 2 fully saturated rings. The minimum atomic E-state index is -1.05. The average molecular weight is 442 g/mol. The first kappa shape index (κ1) is 20.2. The van der Waals surface area contributed by atoms with Crippen molar-refractivity contribution in [1.29, 1.82) is 0 Å². The Kier molecular flexibility index (Phi) is 4.49. The molecule has 162 valence electrons. The van der Waals surface area contributed by atoms with E-state index < -0.39 is 11.7 Å². The molecule has 3 aromatic rings. The third-order valence-electron chi connectivity index (χ3n) is 6.51. The number of allylic oxidation sites excluding steroid dienone is 1. The predicted molar refractivity (Wildman–Crippen MR) is 117 cm³/mol. The Morgan fingerprint density at radius 3 is 2.87 bits per heavy atom. The molecule has 31 heavy (non-hydrogen) atoms. The maximum Gasteiger partial charge on any atom is 0.194 e. The van der Waals surface area contributed by atoms with Crippen LogP contribution in [0.1, 0.15) is 43.8 Å². The fourth-order valence-electron chi connectivity index (χ4n) is 4.86. The Morgan fingerprint density at radius 1 is 1.35 bits per heavy atom. The van der Waals surface area contributed by atoms with E-state index in [0.717, 1.165) is 18.5 Å². The van der Waals surface area contributed by atoms with Crippen LogP contribution in [0.25, 0.3) is 22.0 Å². The summed E-state index contributed by atoms with van der Waals surface area (Å²) in [6, 6.07) is 1.43. The molecule has 0 aromatic carbocycles. The first-order valence-corrected chi connectivity index (χ1v) is 11.1. The number of halogens is 1. The van der Waals surface area contributed by atoms with Crippen LogP contribution in [0.15, 0.2) is 29.8 Å². The molecule has 10 heteroatoms. The lowest BCUT2D eigenvalue weighted by Gasteiger charge is -2.45. The van der Waals surface area contributed by atoms with E-state index in [4.69, 9.17) is 0 Å². The summed E-state index contributed by atoms with van der Waals surface area (Å²) in [5.74, 6) is 0.136. The van der Waals surface area contributed by atoms with Crippen molar-refractivity contribution in [2.24, 2.45) is 5.92 Å². The molecule has 5 heterocycles. The molecule has 0 unspecified atom stereocenters. The molecule has 2 saturated heterocycles. The fourth-order valence-corrected chi connectivity index (χ4v) is 5.76. The van der Waals surface area contributed by atoms with Crippen molar-refractivity contribution in [3.05, 3.63) is 46.0 Å². The Labute approximate surface area is 182 Å². The molecule has 2 N–H and O–H groups in total. The molecule has 2 aliphatic heterocycles. The number of alkyl halides is 1. The van der Waals surface area contributed by atoms with Gasteiger partial charge in [0, 0.05) is 29.3 Å². The van der Waals surface area contributed by atoms with E-state index in [9.17, 15) is 4.79 Å². The maximum atomic E-state index is 15.4. The third kappa shape index (κ3) is 3.34. The summed E-state index contributed by atoms with van der Waals surface area (Å²) in [4.78, 5) is 17.1. The molecule has 0 spiro atoms. The van der Waals surface area contributed by atoms with Crippen LogP contribution < -0.4 is 10.7 Å². The van der Waals surface area contributed by atoms with Crippen LogP contribution >= 0.6 is 11.3 Å². The fraction of sp³-hybridized carbons (Fsp3) is 0.476. The zero-order valence-electron chi connectivity index (χ0n) is 17.6. The second-order valence-corrected chi connectivity index (χ2v) is 10.1. The summed E-state index contributed by atoms with van der Waals surface area (Å²) >= 11 is 1.26. The monoisotopic (exact) mass is 441 g/mol. The van der Waals surface area contributed by atoms with Crippen molar-refractivity contribution in [2.45, 2.75) is 57.3 Å². The largest absolute Gasteiger partial charge is 0.344 e. The average Bonchev–Trinajstić information content (AvgIpc) is 3.44. The molecular formula is C21H24FN7OS. The molecule has 0 amide bonds. The van der Waals surface area contributed by atoms with Crippen molar-refractivity contribution >= 4 is 16.9 Å². The van der Waals surface area contributed by atoms with Crippen molar-refractivity contribution in [1.82, 2.24) is 35.5 Å². The zero-order chi connectivity index (χ0) is 22.0. The summed E-state index contributed by atoms with van der Waals surface area (Å²) in [6.07, 6.45) is 4.57. The van der Waals surface area contributed by atoms with Crippen molar-refractivity contribution in [2.75, 3.05) is 0 Å². The molecule has 0 radical (unpaired) electrons. The molecule has 3 aromatic heterocycles. The van der Waals surface area contributed by atoms with Gasteiger partial charge in [-0.1, -0.05) is 17.9 Å². The van der Waals surface area contributed by atoms with E-state index in [0.29, 0.717) is 33.4 Å². The molecular weight excluding hydrogens is 417 g/mol. The van der Waals surface area contributed by atoms with Gasteiger partial charge in [0.2, 0.25) is 0 Å². The maximum absolute atomic E-state index is 15.4. The van der Waals surface area contributed by atoms with Crippen molar-refractivity contribution < 1.29 is 4.39 Å². The number of pyridine rings is 1. The van der Waals surface area contributed by atoms with Crippen LogP contribution in [0.2, 0.25) is 0 Å². The van der Waals surface area contributed by atoms with Crippen molar-refractivity contribution in [3.8, 4) is 16.4 Å². The van der Waals surface area contributed by atoms with Gasteiger partial charge in [-0.05, 0) is 45.6 Å². The Hall–Kier alpha value is -2.72. The van der Waals surface area contributed by atoms with Gasteiger partial charge in [0.1, 0.15) is 11.2 Å². The van der Waals surface area contributed by atoms with Crippen LogP contribution in [0.5, 0.6) is 0 Å².